The van der Waals surface area contributed by atoms with Crippen molar-refractivity contribution in [2.24, 2.45) is 0 Å². The van der Waals surface area contributed by atoms with Crippen LogP contribution in [0.3, 0.4) is 0 Å². The van der Waals surface area contributed by atoms with Crippen LogP contribution in [0.5, 0.6) is 11.5 Å². The summed E-state index contributed by atoms with van der Waals surface area (Å²) in [7, 11) is 0. The van der Waals surface area contributed by atoms with E-state index in [1.807, 2.05) is 78.9 Å². The summed E-state index contributed by atoms with van der Waals surface area (Å²) in [6.07, 6.45) is 0.756. The molecule has 0 radical (unpaired) electrons. The van der Waals surface area contributed by atoms with Crippen molar-refractivity contribution in [3.8, 4) is 22.6 Å². The van der Waals surface area contributed by atoms with Gasteiger partial charge < -0.3 is 9.47 Å². The molecule has 0 aliphatic carbocycles. The van der Waals surface area contributed by atoms with E-state index in [-0.39, 0.29) is 11.7 Å². The smallest absolute Gasteiger partial charge is 0.276 e. The maximum Gasteiger partial charge on any atom is 0.276 e. The fraction of sp³-hybridized carbons (Fsp3) is 0.100. The van der Waals surface area contributed by atoms with E-state index < -0.39 is 11.8 Å². The summed E-state index contributed by atoms with van der Waals surface area (Å²) in [5.41, 5.74) is 8.36. The highest BCUT2D eigenvalue weighted by Gasteiger charge is 2.11. The summed E-state index contributed by atoms with van der Waals surface area (Å²) in [4.78, 5) is 24.9. The molecule has 4 aromatic rings. The van der Waals surface area contributed by atoms with E-state index in [0.717, 1.165) is 17.5 Å². The van der Waals surface area contributed by atoms with Crippen LogP contribution in [-0.4, -0.2) is 30.1 Å². The van der Waals surface area contributed by atoms with Crippen LogP contribution in [-0.2, 0) is 11.2 Å². The van der Waals surface area contributed by atoms with Crippen molar-refractivity contribution in [1.82, 2.24) is 16.2 Å². The van der Waals surface area contributed by atoms with E-state index in [1.54, 1.807) is 30.3 Å². The zero-order chi connectivity index (χ0) is 26.6. The number of para-hydroxylation sites is 1. The summed E-state index contributed by atoms with van der Waals surface area (Å²) in [6, 6.07) is 34.0. The lowest BCUT2D eigenvalue weighted by molar-refractivity contribution is -0.123. The summed E-state index contributed by atoms with van der Waals surface area (Å²) in [5.74, 6) is 0.265. The van der Waals surface area contributed by atoms with Crippen LogP contribution >= 0.6 is 12.2 Å². The number of hydrogen-bond acceptors (Lipinski definition) is 5. The van der Waals surface area contributed by atoms with E-state index in [0.29, 0.717) is 23.7 Å². The van der Waals surface area contributed by atoms with Gasteiger partial charge in [-0.15, -0.1) is 0 Å². The van der Waals surface area contributed by atoms with Gasteiger partial charge in [0.2, 0.25) is 0 Å². The third-order valence-corrected chi connectivity index (χ3v) is 5.68. The Balaban J connectivity index is 1.21. The minimum Gasteiger partial charge on any atom is -0.493 e. The zero-order valence-corrected chi connectivity index (χ0v) is 21.4. The number of benzene rings is 4. The average Bonchev–Trinajstić information content (AvgIpc) is 2.96. The fourth-order valence-corrected chi connectivity index (χ4v) is 3.76. The van der Waals surface area contributed by atoms with Crippen LogP contribution in [0.4, 0.5) is 0 Å². The van der Waals surface area contributed by atoms with Gasteiger partial charge in [0, 0.05) is 17.5 Å². The first-order valence-electron chi connectivity index (χ1n) is 12.0. The molecular formula is C30H27N3O4S. The lowest BCUT2D eigenvalue weighted by atomic mass is 10.1. The summed E-state index contributed by atoms with van der Waals surface area (Å²) in [5, 5.41) is 2.48. The molecule has 38 heavy (non-hydrogen) atoms. The minimum atomic E-state index is -0.460. The number of hydrazine groups is 1. The van der Waals surface area contributed by atoms with Crippen LogP contribution in [0, 0.1) is 0 Å². The third kappa shape index (κ3) is 7.91. The molecule has 8 heteroatoms. The normalized spacial score (nSPS) is 10.2. The average molecular weight is 526 g/mol. The van der Waals surface area contributed by atoms with Crippen molar-refractivity contribution in [2.75, 3.05) is 13.2 Å². The van der Waals surface area contributed by atoms with Crippen molar-refractivity contribution >= 4 is 29.1 Å². The van der Waals surface area contributed by atoms with Gasteiger partial charge in [-0.1, -0.05) is 84.9 Å². The predicted molar refractivity (Wildman–Crippen MR) is 151 cm³/mol. The SMILES string of the molecule is O=C(COc1ccccc1-c1ccccc1)NNC(=S)NC(=O)c1cccc(OCCc2ccccc2)c1. The number of thiocarbonyl (C=S) groups is 1. The van der Waals surface area contributed by atoms with E-state index in [4.69, 9.17) is 21.7 Å². The molecule has 4 aromatic carbocycles. The highest BCUT2D eigenvalue weighted by molar-refractivity contribution is 7.80. The summed E-state index contributed by atoms with van der Waals surface area (Å²) >= 11 is 5.14. The fourth-order valence-electron chi connectivity index (χ4n) is 3.62. The molecule has 0 saturated heterocycles. The van der Waals surface area contributed by atoms with Crippen molar-refractivity contribution in [3.05, 3.63) is 120 Å². The molecule has 0 aliphatic rings. The van der Waals surface area contributed by atoms with E-state index in [1.165, 1.54) is 5.56 Å². The zero-order valence-electron chi connectivity index (χ0n) is 20.6. The van der Waals surface area contributed by atoms with E-state index >= 15 is 0 Å². The molecule has 0 fully saturated rings. The first-order chi connectivity index (χ1) is 18.6. The molecule has 0 spiro atoms. The number of rotatable bonds is 9. The molecule has 0 saturated carbocycles. The number of amides is 2. The standard InChI is InChI=1S/C30H27N3O4S/c34-28(21-37-27-17-8-7-16-26(27)23-12-5-2-6-13-23)32-33-30(38)31-29(35)24-14-9-15-25(20-24)36-19-18-22-10-3-1-4-11-22/h1-17,20H,18-19,21H2,(H,32,34)(H2,31,33,35,38). The minimum absolute atomic E-state index is 0.0524. The van der Waals surface area contributed by atoms with Crippen LogP contribution in [0.15, 0.2) is 109 Å². The van der Waals surface area contributed by atoms with Crippen molar-refractivity contribution in [2.45, 2.75) is 6.42 Å². The topological polar surface area (TPSA) is 88.7 Å². The second kappa shape index (κ2) is 13.6. The predicted octanol–water partition coefficient (Wildman–Crippen LogP) is 4.69. The lowest BCUT2D eigenvalue weighted by Crippen LogP contribution is -2.49. The molecule has 4 rings (SSSR count). The Labute approximate surface area is 226 Å². The molecule has 7 nitrogen and oxygen atoms in total. The summed E-state index contributed by atoms with van der Waals surface area (Å²) < 4.78 is 11.5. The maximum absolute atomic E-state index is 12.6. The second-order valence-corrected chi connectivity index (χ2v) is 8.63. The van der Waals surface area contributed by atoms with Gasteiger partial charge in [-0.05, 0) is 47.6 Å². The highest BCUT2D eigenvalue weighted by atomic mass is 32.1. The van der Waals surface area contributed by atoms with Gasteiger partial charge in [-0.2, -0.15) is 0 Å². The highest BCUT2D eigenvalue weighted by Crippen LogP contribution is 2.29. The Morgan fingerprint density at radius 1 is 0.737 bits per heavy atom. The number of hydrogen-bond donors (Lipinski definition) is 3. The van der Waals surface area contributed by atoms with Gasteiger partial charge in [0.1, 0.15) is 11.5 Å². The van der Waals surface area contributed by atoms with E-state index in [2.05, 4.69) is 16.2 Å². The Kier molecular flexibility index (Phi) is 9.42. The molecular weight excluding hydrogens is 498 g/mol. The van der Waals surface area contributed by atoms with E-state index in [9.17, 15) is 9.59 Å². The molecule has 0 aliphatic heterocycles. The Hall–Kier alpha value is -4.69. The van der Waals surface area contributed by atoms with Crippen LogP contribution < -0.4 is 25.6 Å². The van der Waals surface area contributed by atoms with Gasteiger partial charge in [-0.25, -0.2) is 0 Å². The number of carbonyl (C=O) groups excluding carboxylic acids is 2. The van der Waals surface area contributed by atoms with Crippen LogP contribution in [0.1, 0.15) is 15.9 Å². The quantitative estimate of drug-likeness (QED) is 0.217. The molecule has 192 valence electrons. The van der Waals surface area contributed by atoms with Gasteiger partial charge in [0.25, 0.3) is 11.8 Å². The van der Waals surface area contributed by atoms with Crippen LogP contribution in [0.2, 0.25) is 0 Å². The van der Waals surface area contributed by atoms with Gasteiger partial charge >= 0.3 is 0 Å². The molecule has 2 amide bonds. The summed E-state index contributed by atoms with van der Waals surface area (Å²) in [6.45, 7) is 0.245. The number of nitrogens with one attached hydrogen (secondary N) is 3. The monoisotopic (exact) mass is 525 g/mol. The van der Waals surface area contributed by atoms with Gasteiger partial charge in [-0.3, -0.25) is 25.8 Å². The second-order valence-electron chi connectivity index (χ2n) is 8.22. The molecule has 0 heterocycles. The number of ether oxygens (including phenoxy) is 2. The Bertz CT molecular complexity index is 1380. The Morgan fingerprint density at radius 2 is 1.45 bits per heavy atom. The lowest BCUT2D eigenvalue weighted by Gasteiger charge is -2.13. The molecule has 0 aromatic heterocycles. The van der Waals surface area contributed by atoms with Crippen molar-refractivity contribution in [3.63, 3.8) is 0 Å². The maximum atomic E-state index is 12.6. The van der Waals surface area contributed by atoms with Crippen molar-refractivity contribution in [1.29, 1.82) is 0 Å². The van der Waals surface area contributed by atoms with Crippen molar-refractivity contribution < 1.29 is 19.1 Å². The van der Waals surface area contributed by atoms with Gasteiger partial charge in [0.05, 0.1) is 6.61 Å². The Morgan fingerprint density at radius 3 is 2.24 bits per heavy atom. The molecule has 3 N–H and O–H groups in total. The molecule has 0 unspecified atom stereocenters. The first-order valence-corrected chi connectivity index (χ1v) is 12.4. The number of carbonyl (C=O) groups is 2. The first kappa shape index (κ1) is 26.4. The molecule has 0 bridgehead atoms. The third-order valence-electron chi connectivity index (χ3n) is 5.47. The largest absolute Gasteiger partial charge is 0.493 e. The van der Waals surface area contributed by atoms with Gasteiger partial charge in [0.15, 0.2) is 11.7 Å². The molecule has 0 atom stereocenters. The van der Waals surface area contributed by atoms with Crippen LogP contribution in [0.25, 0.3) is 11.1 Å².